The summed E-state index contributed by atoms with van der Waals surface area (Å²) in [6.07, 6.45) is 2.71. The van der Waals surface area contributed by atoms with Crippen molar-refractivity contribution in [1.29, 1.82) is 0 Å². The Hall–Kier alpha value is -1.26. The third-order valence-corrected chi connectivity index (χ3v) is 3.97. The highest BCUT2D eigenvalue weighted by Crippen LogP contribution is 2.28. The van der Waals surface area contributed by atoms with Gasteiger partial charge in [0.1, 0.15) is 0 Å². The highest BCUT2D eigenvalue weighted by atomic mass is 16.5. The van der Waals surface area contributed by atoms with Crippen LogP contribution < -0.4 is 10.1 Å². The van der Waals surface area contributed by atoms with Crippen molar-refractivity contribution >= 4 is 0 Å². The Balaban J connectivity index is 1.88. The smallest absolute Gasteiger partial charge is 0.161 e. The molecule has 1 aromatic carbocycles. The van der Waals surface area contributed by atoms with Crippen LogP contribution in [-0.4, -0.2) is 41.3 Å². The van der Waals surface area contributed by atoms with Gasteiger partial charge in [-0.2, -0.15) is 0 Å². The summed E-state index contributed by atoms with van der Waals surface area (Å²) in [5.41, 5.74) is 1.13. The summed E-state index contributed by atoms with van der Waals surface area (Å²) >= 11 is 0. The molecule has 1 aromatic rings. The molecule has 1 heterocycles. The van der Waals surface area contributed by atoms with Crippen LogP contribution in [0.4, 0.5) is 0 Å². The summed E-state index contributed by atoms with van der Waals surface area (Å²) in [6, 6.07) is 5.65. The van der Waals surface area contributed by atoms with Crippen LogP contribution in [0, 0.1) is 0 Å². The molecule has 1 saturated heterocycles. The minimum atomic E-state index is 0.0626. The zero-order valence-corrected chi connectivity index (χ0v) is 14.4. The lowest BCUT2D eigenvalue weighted by atomic mass is 10.0. The maximum Gasteiger partial charge on any atom is 0.161 e. The van der Waals surface area contributed by atoms with E-state index in [9.17, 15) is 5.11 Å². The average Bonchev–Trinajstić information content (AvgIpc) is 2.91. The summed E-state index contributed by atoms with van der Waals surface area (Å²) in [6.45, 7) is 12.6. The van der Waals surface area contributed by atoms with Gasteiger partial charge in [-0.25, -0.2) is 0 Å². The van der Waals surface area contributed by atoms with Crippen LogP contribution in [0.2, 0.25) is 0 Å². The molecule has 22 heavy (non-hydrogen) atoms. The summed E-state index contributed by atoms with van der Waals surface area (Å²) in [5.74, 6) is 0.764. The first kappa shape index (κ1) is 17.1. The zero-order valence-electron chi connectivity index (χ0n) is 14.4. The van der Waals surface area contributed by atoms with Crippen molar-refractivity contribution in [2.75, 3.05) is 19.6 Å². The van der Waals surface area contributed by atoms with Crippen LogP contribution in [0.3, 0.4) is 0 Å². The Labute approximate surface area is 134 Å². The average molecular weight is 306 g/mol. The predicted molar refractivity (Wildman–Crippen MR) is 90.5 cm³/mol. The molecule has 1 fully saturated rings. The third kappa shape index (κ3) is 5.18. The second-order valence-electron chi connectivity index (χ2n) is 7.19. The van der Waals surface area contributed by atoms with E-state index in [2.05, 4.69) is 24.1 Å². The minimum absolute atomic E-state index is 0.0626. The molecule has 0 atom stereocenters. The van der Waals surface area contributed by atoms with Crippen molar-refractivity contribution in [2.24, 2.45) is 0 Å². The van der Waals surface area contributed by atoms with E-state index in [0.29, 0.717) is 5.75 Å². The maximum absolute atomic E-state index is 10.0. The quantitative estimate of drug-likeness (QED) is 0.812. The van der Waals surface area contributed by atoms with Crippen LogP contribution >= 0.6 is 0 Å². The number of hydrogen-bond acceptors (Lipinski definition) is 4. The van der Waals surface area contributed by atoms with Gasteiger partial charge in [-0.15, -0.1) is 0 Å². The Bertz CT molecular complexity index is 480. The van der Waals surface area contributed by atoms with E-state index in [1.165, 1.54) is 25.9 Å². The van der Waals surface area contributed by atoms with Crippen LogP contribution in [0.25, 0.3) is 0 Å². The summed E-state index contributed by atoms with van der Waals surface area (Å²) < 4.78 is 5.56. The maximum atomic E-state index is 10.0. The lowest BCUT2D eigenvalue weighted by Crippen LogP contribution is -2.48. The first-order valence-electron chi connectivity index (χ1n) is 8.32. The fourth-order valence-electron chi connectivity index (χ4n) is 2.92. The van der Waals surface area contributed by atoms with E-state index in [1.54, 1.807) is 6.07 Å². The van der Waals surface area contributed by atoms with Crippen molar-refractivity contribution in [3.05, 3.63) is 23.8 Å². The molecule has 124 valence electrons. The van der Waals surface area contributed by atoms with Crippen molar-refractivity contribution in [3.63, 3.8) is 0 Å². The molecule has 0 saturated carbocycles. The molecule has 1 aliphatic rings. The SMILES string of the molecule is CC(C)Oc1ccc(CNC(C)(C)CN2CCCC2)cc1O. The highest BCUT2D eigenvalue weighted by molar-refractivity contribution is 5.41. The van der Waals surface area contributed by atoms with E-state index >= 15 is 0 Å². The molecule has 0 unspecified atom stereocenters. The summed E-state index contributed by atoms with van der Waals surface area (Å²) in [5, 5.41) is 13.6. The molecular weight excluding hydrogens is 276 g/mol. The number of nitrogens with one attached hydrogen (secondary N) is 1. The topological polar surface area (TPSA) is 44.7 Å². The summed E-state index contributed by atoms with van der Waals surface area (Å²) in [7, 11) is 0. The molecule has 4 heteroatoms. The largest absolute Gasteiger partial charge is 0.504 e. The Kier molecular flexibility index (Phi) is 5.70. The van der Waals surface area contributed by atoms with Gasteiger partial charge in [-0.3, -0.25) is 0 Å². The number of rotatable bonds is 7. The first-order valence-corrected chi connectivity index (χ1v) is 8.32. The normalized spacial score (nSPS) is 16.4. The van der Waals surface area contributed by atoms with Gasteiger partial charge >= 0.3 is 0 Å². The number of nitrogens with zero attached hydrogens (tertiary/aromatic N) is 1. The number of ether oxygens (including phenoxy) is 1. The highest BCUT2D eigenvalue weighted by Gasteiger charge is 2.23. The van der Waals surface area contributed by atoms with Gasteiger partial charge in [0.15, 0.2) is 11.5 Å². The van der Waals surface area contributed by atoms with Crippen molar-refractivity contribution in [2.45, 2.75) is 58.7 Å². The Morgan fingerprint density at radius 1 is 1.27 bits per heavy atom. The Morgan fingerprint density at radius 3 is 2.55 bits per heavy atom. The second-order valence-corrected chi connectivity index (χ2v) is 7.19. The number of benzene rings is 1. The fourth-order valence-corrected chi connectivity index (χ4v) is 2.92. The molecule has 0 bridgehead atoms. The number of aromatic hydroxyl groups is 1. The van der Waals surface area contributed by atoms with Gasteiger partial charge in [0, 0.05) is 18.6 Å². The van der Waals surface area contributed by atoms with Gasteiger partial charge in [0.25, 0.3) is 0 Å². The summed E-state index contributed by atoms with van der Waals surface area (Å²) in [4.78, 5) is 2.52. The molecule has 2 rings (SSSR count). The molecule has 0 aromatic heterocycles. The van der Waals surface area contributed by atoms with Crippen LogP contribution in [0.5, 0.6) is 11.5 Å². The number of likely N-dealkylation sites (tertiary alicyclic amines) is 1. The molecule has 4 nitrogen and oxygen atoms in total. The molecule has 2 N–H and O–H groups in total. The van der Waals surface area contributed by atoms with E-state index in [0.717, 1.165) is 18.7 Å². The molecule has 0 amide bonds. The van der Waals surface area contributed by atoms with Crippen molar-refractivity contribution in [1.82, 2.24) is 10.2 Å². The third-order valence-electron chi connectivity index (χ3n) is 3.97. The monoisotopic (exact) mass is 306 g/mol. The van der Waals surface area contributed by atoms with Gasteiger partial charge in [0.05, 0.1) is 6.10 Å². The first-order chi connectivity index (χ1) is 10.4. The van der Waals surface area contributed by atoms with Crippen LogP contribution in [-0.2, 0) is 6.54 Å². The Morgan fingerprint density at radius 2 is 1.95 bits per heavy atom. The number of phenols is 1. The van der Waals surface area contributed by atoms with E-state index in [-0.39, 0.29) is 17.4 Å². The van der Waals surface area contributed by atoms with Gasteiger partial charge in [0.2, 0.25) is 0 Å². The van der Waals surface area contributed by atoms with E-state index in [1.807, 2.05) is 26.0 Å². The molecule has 0 radical (unpaired) electrons. The van der Waals surface area contributed by atoms with Gasteiger partial charge < -0.3 is 20.1 Å². The standard InChI is InChI=1S/C18H30N2O2/c1-14(2)22-17-8-7-15(11-16(17)21)12-19-18(3,4)13-20-9-5-6-10-20/h7-8,11,14,19,21H,5-6,9-10,12-13H2,1-4H3. The second kappa shape index (κ2) is 7.34. The molecule has 0 aliphatic carbocycles. The van der Waals surface area contributed by atoms with Crippen LogP contribution in [0.1, 0.15) is 46.1 Å². The lowest BCUT2D eigenvalue weighted by molar-refractivity contribution is 0.230. The number of hydrogen-bond donors (Lipinski definition) is 2. The fraction of sp³-hybridized carbons (Fsp3) is 0.667. The van der Waals surface area contributed by atoms with Gasteiger partial charge in [-0.05, 0) is 71.3 Å². The van der Waals surface area contributed by atoms with Crippen molar-refractivity contribution in [3.8, 4) is 11.5 Å². The van der Waals surface area contributed by atoms with Gasteiger partial charge in [-0.1, -0.05) is 6.07 Å². The lowest BCUT2D eigenvalue weighted by Gasteiger charge is -2.31. The molecule has 0 spiro atoms. The number of phenolic OH excluding ortho intramolecular Hbond substituents is 1. The van der Waals surface area contributed by atoms with E-state index < -0.39 is 0 Å². The van der Waals surface area contributed by atoms with Crippen LogP contribution in [0.15, 0.2) is 18.2 Å². The van der Waals surface area contributed by atoms with Crippen molar-refractivity contribution < 1.29 is 9.84 Å². The van der Waals surface area contributed by atoms with E-state index in [4.69, 9.17) is 4.74 Å². The molecule has 1 aliphatic heterocycles. The zero-order chi connectivity index (χ0) is 16.2. The predicted octanol–water partition coefficient (Wildman–Crippen LogP) is 3.14. The molecular formula is C18H30N2O2. The minimum Gasteiger partial charge on any atom is -0.504 e.